The summed E-state index contributed by atoms with van der Waals surface area (Å²) < 4.78 is 46.1. The van der Waals surface area contributed by atoms with E-state index in [-0.39, 0.29) is 11.8 Å². The van der Waals surface area contributed by atoms with Crippen LogP contribution in [0.25, 0.3) is 11.4 Å². The summed E-state index contributed by atoms with van der Waals surface area (Å²) in [5.74, 6) is 1.72. The number of nitrogens with two attached hydrogens (primary N) is 1. The van der Waals surface area contributed by atoms with Gasteiger partial charge in [-0.2, -0.15) is 4.98 Å². The molecule has 1 fully saturated rings. The first-order chi connectivity index (χ1) is 15.4. The van der Waals surface area contributed by atoms with Crippen LogP contribution in [0.5, 0.6) is 5.75 Å². The lowest BCUT2D eigenvalue weighted by atomic mass is 9.76. The van der Waals surface area contributed by atoms with Gasteiger partial charge >= 0.3 is 6.36 Å². The molecule has 1 unspecified atom stereocenters. The van der Waals surface area contributed by atoms with Gasteiger partial charge in [-0.05, 0) is 60.9 Å². The zero-order chi connectivity index (χ0) is 22.6. The summed E-state index contributed by atoms with van der Waals surface area (Å²) >= 11 is 0. The van der Waals surface area contributed by atoms with E-state index in [2.05, 4.69) is 27.0 Å². The van der Waals surface area contributed by atoms with Gasteiger partial charge in [0.25, 0.3) is 0 Å². The van der Waals surface area contributed by atoms with Gasteiger partial charge in [0.1, 0.15) is 5.75 Å². The minimum atomic E-state index is -4.72. The predicted octanol–water partition coefficient (Wildman–Crippen LogP) is 6.07. The Morgan fingerprint density at radius 3 is 2.34 bits per heavy atom. The van der Waals surface area contributed by atoms with Gasteiger partial charge in [0.15, 0.2) is 0 Å². The van der Waals surface area contributed by atoms with E-state index in [4.69, 9.17) is 10.3 Å². The van der Waals surface area contributed by atoms with Crippen LogP contribution in [-0.2, 0) is 6.42 Å². The molecule has 1 aromatic heterocycles. The highest BCUT2D eigenvalue weighted by Gasteiger charge is 2.31. The lowest BCUT2D eigenvalue weighted by Gasteiger charge is -2.32. The highest BCUT2D eigenvalue weighted by atomic mass is 19.4. The van der Waals surface area contributed by atoms with E-state index in [0.717, 1.165) is 32.1 Å². The number of aryl methyl sites for hydroxylation is 1. The summed E-state index contributed by atoms with van der Waals surface area (Å²) in [5.41, 5.74) is 8.26. The summed E-state index contributed by atoms with van der Waals surface area (Å²) in [6.45, 7) is 0. The average molecular weight is 445 g/mol. The molecule has 1 heterocycles. The third kappa shape index (κ3) is 5.88. The van der Waals surface area contributed by atoms with Gasteiger partial charge in [-0.25, -0.2) is 0 Å². The van der Waals surface area contributed by atoms with Crippen LogP contribution in [0.4, 0.5) is 13.2 Å². The van der Waals surface area contributed by atoms with Crippen molar-refractivity contribution in [1.82, 2.24) is 10.1 Å². The van der Waals surface area contributed by atoms with Crippen molar-refractivity contribution in [3.8, 4) is 17.1 Å². The van der Waals surface area contributed by atoms with Gasteiger partial charge in [-0.15, -0.1) is 13.2 Å². The van der Waals surface area contributed by atoms with E-state index in [1.165, 1.54) is 29.8 Å². The standard InChI is InChI=1S/C24H26F3N3O2/c25-24(26,27)31-20-13-11-19(12-14-20)23-29-21(32-30-23)15-8-16-6-9-18(10-7-16)22(28)17-4-2-1-3-5-17/h1-5,11-14,16,18,22H,6-10,15,28H2. The molecule has 0 aliphatic heterocycles. The van der Waals surface area contributed by atoms with Crippen molar-refractivity contribution in [2.24, 2.45) is 17.6 Å². The monoisotopic (exact) mass is 445 g/mol. The Hall–Kier alpha value is -2.87. The van der Waals surface area contributed by atoms with Gasteiger partial charge in [-0.1, -0.05) is 48.3 Å². The third-order valence-corrected chi connectivity index (χ3v) is 6.16. The third-order valence-electron chi connectivity index (χ3n) is 6.16. The SMILES string of the molecule is NC(c1ccccc1)C1CCC(CCc2nc(-c3ccc(OC(F)(F)F)cc3)no2)CC1. The molecule has 3 aromatic rings. The maximum absolute atomic E-state index is 12.3. The van der Waals surface area contributed by atoms with Gasteiger partial charge in [0, 0.05) is 18.0 Å². The fourth-order valence-corrected chi connectivity index (χ4v) is 4.39. The average Bonchev–Trinajstić information content (AvgIpc) is 3.27. The predicted molar refractivity (Wildman–Crippen MR) is 114 cm³/mol. The number of aromatic nitrogens is 2. The second-order valence-electron chi connectivity index (χ2n) is 8.34. The maximum Gasteiger partial charge on any atom is 0.573 e. The van der Waals surface area contributed by atoms with E-state index in [9.17, 15) is 13.2 Å². The van der Waals surface area contributed by atoms with Crippen LogP contribution < -0.4 is 10.5 Å². The minimum Gasteiger partial charge on any atom is -0.406 e. The Bertz CT molecular complexity index is 982. The van der Waals surface area contributed by atoms with Crippen molar-refractivity contribution < 1.29 is 22.4 Å². The molecule has 2 N–H and O–H groups in total. The van der Waals surface area contributed by atoms with Crippen molar-refractivity contribution in [3.05, 3.63) is 66.1 Å². The van der Waals surface area contributed by atoms with E-state index in [1.54, 1.807) is 0 Å². The number of alkyl halides is 3. The molecule has 5 nitrogen and oxygen atoms in total. The molecule has 1 aliphatic rings. The fourth-order valence-electron chi connectivity index (χ4n) is 4.39. The van der Waals surface area contributed by atoms with Crippen LogP contribution in [0.2, 0.25) is 0 Å². The zero-order valence-corrected chi connectivity index (χ0v) is 17.6. The smallest absolute Gasteiger partial charge is 0.406 e. The lowest BCUT2D eigenvalue weighted by Crippen LogP contribution is -2.26. The summed E-state index contributed by atoms with van der Waals surface area (Å²) in [4.78, 5) is 4.39. The molecule has 1 saturated carbocycles. The number of rotatable bonds is 7. The van der Waals surface area contributed by atoms with E-state index in [1.807, 2.05) is 18.2 Å². The van der Waals surface area contributed by atoms with Crippen LogP contribution in [0.1, 0.15) is 49.6 Å². The van der Waals surface area contributed by atoms with Crippen molar-refractivity contribution in [2.75, 3.05) is 0 Å². The van der Waals surface area contributed by atoms with Crippen molar-refractivity contribution in [1.29, 1.82) is 0 Å². The highest BCUT2D eigenvalue weighted by Crippen LogP contribution is 2.37. The Labute approximate surface area is 184 Å². The topological polar surface area (TPSA) is 74.2 Å². The number of hydrogen-bond acceptors (Lipinski definition) is 5. The first-order valence-electron chi connectivity index (χ1n) is 10.9. The summed E-state index contributed by atoms with van der Waals surface area (Å²) in [6, 6.07) is 15.8. The molecule has 1 aliphatic carbocycles. The van der Waals surface area contributed by atoms with Crippen molar-refractivity contribution in [2.45, 2.75) is 50.9 Å². The largest absolute Gasteiger partial charge is 0.573 e. The number of nitrogens with zero attached hydrogens (tertiary/aromatic N) is 2. The van der Waals surface area contributed by atoms with Crippen LogP contribution in [0.15, 0.2) is 59.1 Å². The fraction of sp³-hybridized carbons (Fsp3) is 0.417. The molecule has 8 heteroatoms. The van der Waals surface area contributed by atoms with Gasteiger partial charge < -0.3 is 15.0 Å². The molecule has 32 heavy (non-hydrogen) atoms. The highest BCUT2D eigenvalue weighted by molar-refractivity contribution is 5.55. The molecular weight excluding hydrogens is 419 g/mol. The first-order valence-corrected chi connectivity index (χ1v) is 10.9. The van der Waals surface area contributed by atoms with Crippen LogP contribution in [0, 0.1) is 11.8 Å². The lowest BCUT2D eigenvalue weighted by molar-refractivity contribution is -0.274. The molecule has 0 spiro atoms. The molecule has 0 amide bonds. The Morgan fingerprint density at radius 1 is 1.00 bits per heavy atom. The first kappa shape index (κ1) is 22.3. The van der Waals surface area contributed by atoms with Gasteiger partial charge in [0.2, 0.25) is 11.7 Å². The number of halogens is 3. The molecule has 0 saturated heterocycles. The van der Waals surface area contributed by atoms with Gasteiger partial charge in [0.05, 0.1) is 0 Å². The van der Waals surface area contributed by atoms with E-state index in [0.29, 0.717) is 35.5 Å². The molecule has 170 valence electrons. The number of ether oxygens (including phenoxy) is 1. The van der Waals surface area contributed by atoms with Crippen LogP contribution in [0.3, 0.4) is 0 Å². The summed E-state index contributed by atoms with van der Waals surface area (Å²) in [5, 5.41) is 3.96. The molecule has 0 bridgehead atoms. The minimum absolute atomic E-state index is 0.0866. The normalized spacial score (nSPS) is 20.1. The number of benzene rings is 2. The molecule has 0 radical (unpaired) electrons. The Kier molecular flexibility index (Phi) is 6.79. The summed E-state index contributed by atoms with van der Waals surface area (Å²) in [7, 11) is 0. The van der Waals surface area contributed by atoms with E-state index < -0.39 is 6.36 Å². The quantitative estimate of drug-likeness (QED) is 0.477. The van der Waals surface area contributed by atoms with Crippen LogP contribution >= 0.6 is 0 Å². The Balaban J connectivity index is 1.25. The second kappa shape index (κ2) is 9.73. The van der Waals surface area contributed by atoms with Crippen LogP contribution in [-0.4, -0.2) is 16.5 Å². The molecule has 1 atom stereocenters. The molecule has 2 aromatic carbocycles. The maximum atomic E-state index is 12.3. The summed E-state index contributed by atoms with van der Waals surface area (Å²) in [6.07, 6.45) is 1.42. The van der Waals surface area contributed by atoms with Crippen molar-refractivity contribution in [3.63, 3.8) is 0 Å². The Morgan fingerprint density at radius 2 is 1.69 bits per heavy atom. The zero-order valence-electron chi connectivity index (χ0n) is 17.6. The molecule has 4 rings (SSSR count). The van der Waals surface area contributed by atoms with Gasteiger partial charge in [-0.3, -0.25) is 0 Å². The second-order valence-corrected chi connectivity index (χ2v) is 8.34. The molecular formula is C24H26F3N3O2. The number of hydrogen-bond donors (Lipinski definition) is 1. The van der Waals surface area contributed by atoms with E-state index >= 15 is 0 Å². The van der Waals surface area contributed by atoms with Crippen molar-refractivity contribution >= 4 is 0 Å².